The van der Waals surface area contributed by atoms with Crippen molar-refractivity contribution in [3.63, 3.8) is 0 Å². The Bertz CT molecular complexity index is 611. The van der Waals surface area contributed by atoms with Crippen molar-refractivity contribution in [3.8, 4) is 5.75 Å². The van der Waals surface area contributed by atoms with Crippen molar-refractivity contribution in [2.45, 2.75) is 40.0 Å². The van der Waals surface area contributed by atoms with Crippen LogP contribution < -0.4 is 4.74 Å². The number of ether oxygens (including phenoxy) is 1. The lowest BCUT2D eigenvalue weighted by atomic mass is 9.90. The largest absolute Gasteiger partial charge is 0.483 e. The number of aryl methyl sites for hydroxylation is 1. The maximum atomic E-state index is 12.5. The molecule has 1 fully saturated rings. The summed E-state index contributed by atoms with van der Waals surface area (Å²) in [5.74, 6) is -0.234. The van der Waals surface area contributed by atoms with Gasteiger partial charge in [0.05, 0.1) is 5.92 Å². The van der Waals surface area contributed by atoms with Crippen molar-refractivity contribution in [2.75, 3.05) is 19.7 Å². The van der Waals surface area contributed by atoms with E-state index >= 15 is 0 Å². The second kappa shape index (κ2) is 7.69. The average molecular weight is 333 g/mol. The van der Waals surface area contributed by atoms with Gasteiger partial charge in [-0.25, -0.2) is 0 Å². The van der Waals surface area contributed by atoms with Crippen LogP contribution in [-0.4, -0.2) is 41.6 Å². The maximum absolute atomic E-state index is 12.5. The normalized spacial score (nSPS) is 21.0. The summed E-state index contributed by atoms with van der Waals surface area (Å²) in [5, 5.41) is 9.22. The number of aliphatic carboxylic acids is 1. The standard InChI is InChI=1S/C19H27NO4/c1-12(2)16-6-5-13(3)8-17(16)24-11-18(21)20-9-14(4)7-15(10-20)19(22)23/h5-6,8,12,14-15H,7,9-11H2,1-4H3,(H,22,23). The number of likely N-dealkylation sites (tertiary alicyclic amines) is 1. The Morgan fingerprint density at radius 2 is 2.04 bits per heavy atom. The summed E-state index contributed by atoms with van der Waals surface area (Å²) in [5.41, 5.74) is 2.16. The Balaban J connectivity index is 2.03. The highest BCUT2D eigenvalue weighted by atomic mass is 16.5. The van der Waals surface area contributed by atoms with Crippen LogP contribution in [0.5, 0.6) is 5.75 Å². The molecule has 1 amide bonds. The predicted octanol–water partition coefficient (Wildman–Crippen LogP) is 3.07. The molecule has 5 nitrogen and oxygen atoms in total. The first kappa shape index (κ1) is 18.3. The summed E-state index contributed by atoms with van der Waals surface area (Å²) >= 11 is 0. The molecule has 5 heteroatoms. The highest BCUT2D eigenvalue weighted by Gasteiger charge is 2.32. The third-order valence-corrected chi connectivity index (χ3v) is 4.50. The average Bonchev–Trinajstić information content (AvgIpc) is 2.51. The van der Waals surface area contributed by atoms with Crippen LogP contribution in [-0.2, 0) is 9.59 Å². The smallest absolute Gasteiger partial charge is 0.308 e. The van der Waals surface area contributed by atoms with Crippen LogP contribution in [0.1, 0.15) is 44.2 Å². The van der Waals surface area contributed by atoms with Crippen molar-refractivity contribution >= 4 is 11.9 Å². The van der Waals surface area contributed by atoms with Crippen LogP contribution in [0.4, 0.5) is 0 Å². The molecule has 0 radical (unpaired) electrons. The zero-order chi connectivity index (χ0) is 17.9. The van der Waals surface area contributed by atoms with Gasteiger partial charge in [-0.3, -0.25) is 9.59 Å². The molecule has 0 aromatic heterocycles. The van der Waals surface area contributed by atoms with E-state index in [1.807, 2.05) is 32.0 Å². The van der Waals surface area contributed by atoms with Gasteiger partial charge < -0.3 is 14.7 Å². The van der Waals surface area contributed by atoms with E-state index in [2.05, 4.69) is 13.8 Å². The molecule has 1 saturated heterocycles. The second-order valence-electron chi connectivity index (χ2n) is 7.16. The minimum atomic E-state index is -0.832. The first-order valence-electron chi connectivity index (χ1n) is 8.51. The summed E-state index contributed by atoms with van der Waals surface area (Å²) in [6.45, 7) is 8.95. The Labute approximate surface area is 143 Å². The molecule has 0 spiro atoms. The van der Waals surface area contributed by atoms with E-state index in [1.54, 1.807) is 4.90 Å². The maximum Gasteiger partial charge on any atom is 0.308 e. The molecule has 0 aliphatic carbocycles. The van der Waals surface area contributed by atoms with Gasteiger partial charge in [-0.2, -0.15) is 0 Å². The number of hydrogen-bond acceptors (Lipinski definition) is 3. The molecule has 1 aliphatic rings. The lowest BCUT2D eigenvalue weighted by Gasteiger charge is -2.34. The van der Waals surface area contributed by atoms with E-state index < -0.39 is 11.9 Å². The summed E-state index contributed by atoms with van der Waals surface area (Å²) < 4.78 is 5.79. The third-order valence-electron chi connectivity index (χ3n) is 4.50. The first-order valence-corrected chi connectivity index (χ1v) is 8.51. The second-order valence-corrected chi connectivity index (χ2v) is 7.16. The third kappa shape index (κ3) is 4.49. The van der Waals surface area contributed by atoms with Gasteiger partial charge in [0.25, 0.3) is 5.91 Å². The number of carbonyl (C=O) groups excluding carboxylic acids is 1. The molecule has 0 saturated carbocycles. The highest BCUT2D eigenvalue weighted by Crippen LogP contribution is 2.28. The van der Waals surface area contributed by atoms with Gasteiger partial charge in [-0.1, -0.05) is 32.9 Å². The fraction of sp³-hybridized carbons (Fsp3) is 0.579. The first-order chi connectivity index (χ1) is 11.3. The number of carboxylic acids is 1. The number of carbonyl (C=O) groups is 2. The fourth-order valence-corrected chi connectivity index (χ4v) is 3.21. The summed E-state index contributed by atoms with van der Waals surface area (Å²) in [6, 6.07) is 6.01. The van der Waals surface area contributed by atoms with Gasteiger partial charge in [-0.05, 0) is 42.4 Å². The van der Waals surface area contributed by atoms with Crippen LogP contribution in [0.25, 0.3) is 0 Å². The molecule has 1 aromatic rings. The Hall–Kier alpha value is -2.04. The van der Waals surface area contributed by atoms with Gasteiger partial charge in [0.1, 0.15) is 5.75 Å². The number of benzene rings is 1. The summed E-state index contributed by atoms with van der Waals surface area (Å²) in [7, 11) is 0. The molecule has 1 heterocycles. The number of carboxylic acid groups (broad SMARTS) is 1. The van der Waals surface area contributed by atoms with E-state index in [9.17, 15) is 14.7 Å². The molecule has 24 heavy (non-hydrogen) atoms. The molecule has 1 N–H and O–H groups in total. The van der Waals surface area contributed by atoms with E-state index in [4.69, 9.17) is 4.74 Å². The molecule has 2 unspecified atom stereocenters. The zero-order valence-electron chi connectivity index (χ0n) is 14.9. The van der Waals surface area contributed by atoms with Gasteiger partial charge in [-0.15, -0.1) is 0 Å². The predicted molar refractivity (Wildman–Crippen MR) is 92.2 cm³/mol. The van der Waals surface area contributed by atoms with Crippen LogP contribution >= 0.6 is 0 Å². The monoisotopic (exact) mass is 333 g/mol. The van der Waals surface area contributed by atoms with Crippen molar-refractivity contribution in [1.82, 2.24) is 4.90 Å². The molecule has 2 atom stereocenters. The number of piperidine rings is 1. The molecular weight excluding hydrogens is 306 g/mol. The van der Waals surface area contributed by atoms with Crippen molar-refractivity contribution in [1.29, 1.82) is 0 Å². The Morgan fingerprint density at radius 1 is 1.33 bits per heavy atom. The van der Waals surface area contributed by atoms with E-state index in [0.29, 0.717) is 18.9 Å². The van der Waals surface area contributed by atoms with Gasteiger partial charge in [0, 0.05) is 13.1 Å². The van der Waals surface area contributed by atoms with Crippen LogP contribution in [0, 0.1) is 18.8 Å². The quantitative estimate of drug-likeness (QED) is 0.899. The SMILES string of the molecule is Cc1ccc(C(C)C)c(OCC(=O)N2CC(C)CC(C(=O)O)C2)c1. The van der Waals surface area contributed by atoms with Crippen LogP contribution in [0.15, 0.2) is 18.2 Å². The number of rotatable bonds is 5. The topological polar surface area (TPSA) is 66.8 Å². The number of hydrogen-bond donors (Lipinski definition) is 1. The minimum absolute atomic E-state index is 0.0533. The number of amides is 1. The molecular formula is C19H27NO4. The van der Waals surface area contributed by atoms with E-state index in [1.165, 1.54) is 0 Å². The highest BCUT2D eigenvalue weighted by molar-refractivity contribution is 5.79. The van der Waals surface area contributed by atoms with Crippen molar-refractivity contribution in [2.24, 2.45) is 11.8 Å². The van der Waals surface area contributed by atoms with Gasteiger partial charge >= 0.3 is 5.97 Å². The number of nitrogens with zero attached hydrogens (tertiary/aromatic N) is 1. The van der Waals surface area contributed by atoms with E-state index in [0.717, 1.165) is 16.9 Å². The zero-order valence-corrected chi connectivity index (χ0v) is 14.9. The summed E-state index contributed by atoms with van der Waals surface area (Å²) in [6.07, 6.45) is 0.620. The molecule has 0 bridgehead atoms. The lowest BCUT2D eigenvalue weighted by molar-refractivity contribution is -0.147. The Morgan fingerprint density at radius 3 is 2.67 bits per heavy atom. The molecule has 2 rings (SSSR count). The van der Waals surface area contributed by atoms with Gasteiger partial charge in [0.2, 0.25) is 0 Å². The van der Waals surface area contributed by atoms with Gasteiger partial charge in [0.15, 0.2) is 6.61 Å². The molecule has 1 aliphatic heterocycles. The van der Waals surface area contributed by atoms with Crippen molar-refractivity contribution in [3.05, 3.63) is 29.3 Å². The molecule has 1 aromatic carbocycles. The lowest BCUT2D eigenvalue weighted by Crippen LogP contribution is -2.47. The minimum Gasteiger partial charge on any atom is -0.483 e. The van der Waals surface area contributed by atoms with Crippen molar-refractivity contribution < 1.29 is 19.4 Å². The molecule has 132 valence electrons. The van der Waals surface area contributed by atoms with Crippen LogP contribution in [0.3, 0.4) is 0 Å². The fourth-order valence-electron chi connectivity index (χ4n) is 3.21. The summed E-state index contributed by atoms with van der Waals surface area (Å²) in [4.78, 5) is 25.3. The Kier molecular flexibility index (Phi) is 5.86. The van der Waals surface area contributed by atoms with Crippen LogP contribution in [0.2, 0.25) is 0 Å². The van der Waals surface area contributed by atoms with E-state index in [-0.39, 0.29) is 25.0 Å².